The van der Waals surface area contributed by atoms with Crippen LogP contribution in [0.25, 0.3) is 0 Å². The van der Waals surface area contributed by atoms with Gasteiger partial charge in [-0.3, -0.25) is 0 Å². The molecule has 2 aliphatic rings. The number of rotatable bonds is 2. The number of nitrogens with zero attached hydrogens (tertiary/aromatic N) is 2. The molecule has 0 spiro atoms. The van der Waals surface area contributed by atoms with E-state index in [0.29, 0.717) is 0 Å². The summed E-state index contributed by atoms with van der Waals surface area (Å²) in [4.78, 5) is 5.25. The van der Waals surface area contributed by atoms with E-state index in [4.69, 9.17) is 5.73 Å². The number of hydrogen-bond acceptors (Lipinski definition) is 3. The van der Waals surface area contributed by atoms with E-state index in [2.05, 4.69) is 44.5 Å². The van der Waals surface area contributed by atoms with Gasteiger partial charge in [0.15, 0.2) is 0 Å². The summed E-state index contributed by atoms with van der Waals surface area (Å²) in [5.74, 6) is 0. The molecule has 20 heavy (non-hydrogen) atoms. The van der Waals surface area contributed by atoms with Crippen LogP contribution in [0.5, 0.6) is 0 Å². The van der Waals surface area contributed by atoms with Crippen molar-refractivity contribution in [2.24, 2.45) is 0 Å². The fourth-order valence-electron chi connectivity index (χ4n) is 3.49. The molecule has 0 bridgehead atoms. The Morgan fingerprint density at radius 1 is 1.00 bits per heavy atom. The number of hydrogen-bond donors (Lipinski definition) is 1. The molecule has 2 N–H and O–H groups in total. The van der Waals surface area contributed by atoms with Gasteiger partial charge in [-0.1, -0.05) is 6.42 Å². The second-order valence-electron chi connectivity index (χ2n) is 6.02. The van der Waals surface area contributed by atoms with Gasteiger partial charge in [-0.15, -0.1) is 0 Å². The molecule has 110 valence electrons. The molecule has 2 saturated heterocycles. The molecule has 3 nitrogen and oxygen atoms in total. The Morgan fingerprint density at radius 2 is 1.70 bits per heavy atom. The van der Waals surface area contributed by atoms with Crippen LogP contribution in [0, 0.1) is 3.57 Å². The standard InChI is InChI=1S/C16H24IN3/c17-15-12-14(4-5-16(15)18)20-10-6-13(7-11-20)19-8-2-1-3-9-19/h4-5,12-13H,1-3,6-11,18H2. The van der Waals surface area contributed by atoms with Gasteiger partial charge in [-0.05, 0) is 79.6 Å². The van der Waals surface area contributed by atoms with Crippen LogP contribution in [0.4, 0.5) is 11.4 Å². The number of likely N-dealkylation sites (tertiary alicyclic amines) is 1. The van der Waals surface area contributed by atoms with Crippen molar-refractivity contribution in [3.05, 3.63) is 21.8 Å². The Balaban J connectivity index is 1.58. The average Bonchev–Trinajstić information content (AvgIpc) is 2.51. The third-order valence-corrected chi connectivity index (χ3v) is 5.65. The molecule has 0 saturated carbocycles. The summed E-state index contributed by atoms with van der Waals surface area (Å²) in [5.41, 5.74) is 8.13. The molecule has 1 aromatic rings. The summed E-state index contributed by atoms with van der Waals surface area (Å²) >= 11 is 2.33. The first-order chi connectivity index (χ1) is 9.74. The lowest BCUT2D eigenvalue weighted by Crippen LogP contribution is -2.46. The van der Waals surface area contributed by atoms with Crippen molar-refractivity contribution >= 4 is 34.0 Å². The first kappa shape index (κ1) is 14.4. The lowest BCUT2D eigenvalue weighted by molar-refractivity contribution is 0.141. The zero-order valence-corrected chi connectivity index (χ0v) is 14.2. The minimum atomic E-state index is 0.819. The van der Waals surface area contributed by atoms with Crippen molar-refractivity contribution in [2.45, 2.75) is 38.1 Å². The largest absolute Gasteiger partial charge is 0.398 e. The fourth-order valence-corrected chi connectivity index (χ4v) is 3.98. The molecular formula is C16H24IN3. The summed E-state index contributed by atoms with van der Waals surface area (Å²) in [6, 6.07) is 7.24. The topological polar surface area (TPSA) is 32.5 Å². The van der Waals surface area contributed by atoms with Gasteiger partial charge in [-0.25, -0.2) is 0 Å². The molecule has 0 atom stereocenters. The first-order valence-electron chi connectivity index (χ1n) is 7.78. The van der Waals surface area contributed by atoms with Crippen LogP contribution < -0.4 is 10.6 Å². The zero-order valence-electron chi connectivity index (χ0n) is 12.0. The maximum atomic E-state index is 5.91. The summed E-state index contributed by atoms with van der Waals surface area (Å²) in [5, 5.41) is 0. The van der Waals surface area contributed by atoms with E-state index in [-0.39, 0.29) is 0 Å². The second kappa shape index (κ2) is 6.52. The Labute approximate surface area is 135 Å². The fraction of sp³-hybridized carbons (Fsp3) is 0.625. The molecule has 2 heterocycles. The van der Waals surface area contributed by atoms with Gasteiger partial charge in [0, 0.05) is 34.1 Å². The molecule has 0 unspecified atom stereocenters. The highest BCUT2D eigenvalue weighted by atomic mass is 127. The first-order valence-corrected chi connectivity index (χ1v) is 8.86. The molecule has 1 aromatic carbocycles. The quantitative estimate of drug-likeness (QED) is 0.626. The van der Waals surface area contributed by atoms with Crippen molar-refractivity contribution in [3.63, 3.8) is 0 Å². The number of nitrogen functional groups attached to an aromatic ring is 1. The molecule has 0 aromatic heterocycles. The van der Waals surface area contributed by atoms with Gasteiger partial charge in [-0.2, -0.15) is 0 Å². The molecule has 0 radical (unpaired) electrons. The Morgan fingerprint density at radius 3 is 2.35 bits per heavy atom. The van der Waals surface area contributed by atoms with Crippen LogP contribution in [0.2, 0.25) is 0 Å². The van der Waals surface area contributed by atoms with E-state index in [0.717, 1.165) is 11.7 Å². The van der Waals surface area contributed by atoms with Crippen LogP contribution in [0.15, 0.2) is 18.2 Å². The predicted octanol–water partition coefficient (Wildman–Crippen LogP) is 3.33. The van der Waals surface area contributed by atoms with Crippen LogP contribution in [0.3, 0.4) is 0 Å². The number of halogens is 1. The number of nitrogens with two attached hydrogens (primary N) is 1. The predicted molar refractivity (Wildman–Crippen MR) is 94.2 cm³/mol. The highest BCUT2D eigenvalue weighted by molar-refractivity contribution is 14.1. The Hall–Kier alpha value is -0.490. The van der Waals surface area contributed by atoms with Crippen molar-refractivity contribution in [2.75, 3.05) is 36.8 Å². The summed E-state index contributed by atoms with van der Waals surface area (Å²) < 4.78 is 1.17. The van der Waals surface area contributed by atoms with E-state index in [1.807, 2.05) is 6.07 Å². The molecule has 0 amide bonds. The van der Waals surface area contributed by atoms with Crippen LogP contribution in [-0.4, -0.2) is 37.1 Å². The third-order valence-electron chi connectivity index (χ3n) is 4.72. The van der Waals surface area contributed by atoms with Crippen molar-refractivity contribution in [3.8, 4) is 0 Å². The van der Waals surface area contributed by atoms with Gasteiger partial charge in [0.2, 0.25) is 0 Å². The minimum absolute atomic E-state index is 0.819. The van der Waals surface area contributed by atoms with E-state index in [9.17, 15) is 0 Å². The van der Waals surface area contributed by atoms with Gasteiger partial charge in [0.1, 0.15) is 0 Å². The van der Waals surface area contributed by atoms with Crippen LogP contribution in [0.1, 0.15) is 32.1 Å². The lowest BCUT2D eigenvalue weighted by Gasteiger charge is -2.41. The summed E-state index contributed by atoms with van der Waals surface area (Å²) in [6.07, 6.45) is 6.84. The minimum Gasteiger partial charge on any atom is -0.398 e. The van der Waals surface area contributed by atoms with Gasteiger partial charge >= 0.3 is 0 Å². The van der Waals surface area contributed by atoms with Gasteiger partial charge in [0.25, 0.3) is 0 Å². The van der Waals surface area contributed by atoms with Crippen molar-refractivity contribution < 1.29 is 0 Å². The van der Waals surface area contributed by atoms with Crippen LogP contribution in [-0.2, 0) is 0 Å². The maximum Gasteiger partial charge on any atom is 0.0451 e. The van der Waals surface area contributed by atoms with E-state index >= 15 is 0 Å². The van der Waals surface area contributed by atoms with Gasteiger partial charge in [0.05, 0.1) is 0 Å². The molecule has 3 rings (SSSR count). The highest BCUT2D eigenvalue weighted by Crippen LogP contribution is 2.27. The monoisotopic (exact) mass is 385 g/mol. The zero-order chi connectivity index (χ0) is 13.9. The Bertz CT molecular complexity index is 449. The SMILES string of the molecule is Nc1ccc(N2CCC(N3CCCCC3)CC2)cc1I. The highest BCUT2D eigenvalue weighted by Gasteiger charge is 2.25. The van der Waals surface area contributed by atoms with Crippen LogP contribution >= 0.6 is 22.6 Å². The summed E-state index contributed by atoms with van der Waals surface area (Å²) in [7, 11) is 0. The molecule has 4 heteroatoms. The number of anilines is 2. The molecular weight excluding hydrogens is 361 g/mol. The maximum absolute atomic E-state index is 5.91. The second-order valence-corrected chi connectivity index (χ2v) is 7.18. The van der Waals surface area contributed by atoms with E-state index in [1.165, 1.54) is 67.5 Å². The third kappa shape index (κ3) is 3.22. The van der Waals surface area contributed by atoms with Crippen molar-refractivity contribution in [1.29, 1.82) is 0 Å². The van der Waals surface area contributed by atoms with Crippen molar-refractivity contribution in [1.82, 2.24) is 4.90 Å². The number of benzene rings is 1. The Kier molecular flexibility index (Phi) is 4.71. The average molecular weight is 385 g/mol. The number of piperidine rings is 2. The van der Waals surface area contributed by atoms with Gasteiger partial charge < -0.3 is 15.5 Å². The van der Waals surface area contributed by atoms with E-state index in [1.54, 1.807) is 0 Å². The molecule has 2 fully saturated rings. The lowest BCUT2D eigenvalue weighted by atomic mass is 9.99. The normalized spacial score (nSPS) is 22.1. The smallest absolute Gasteiger partial charge is 0.0451 e. The van der Waals surface area contributed by atoms with E-state index < -0.39 is 0 Å². The molecule has 2 aliphatic heterocycles. The summed E-state index contributed by atoms with van der Waals surface area (Å²) in [6.45, 7) is 5.01. The molecule has 0 aliphatic carbocycles.